The minimum Gasteiger partial charge on any atom is -0.507 e. The van der Waals surface area contributed by atoms with E-state index in [9.17, 15) is 9.90 Å². The van der Waals surface area contributed by atoms with Crippen LogP contribution in [0, 0.1) is 0 Å². The SMILES string of the molecule is CNCC(=O)c1ccc(Br)cc1O. The maximum atomic E-state index is 11.3. The molecule has 0 saturated heterocycles. The lowest BCUT2D eigenvalue weighted by atomic mass is 10.1. The van der Waals surface area contributed by atoms with Crippen molar-refractivity contribution < 1.29 is 9.90 Å². The topological polar surface area (TPSA) is 49.3 Å². The van der Waals surface area contributed by atoms with Crippen molar-refractivity contribution in [2.75, 3.05) is 13.6 Å². The zero-order valence-electron chi connectivity index (χ0n) is 7.17. The number of aromatic hydroxyl groups is 1. The van der Waals surface area contributed by atoms with Gasteiger partial charge >= 0.3 is 0 Å². The van der Waals surface area contributed by atoms with Crippen molar-refractivity contribution in [3.63, 3.8) is 0 Å². The maximum absolute atomic E-state index is 11.3. The predicted octanol–water partition coefficient (Wildman–Crippen LogP) is 1.56. The van der Waals surface area contributed by atoms with Gasteiger partial charge in [0.15, 0.2) is 5.78 Å². The summed E-state index contributed by atoms with van der Waals surface area (Å²) in [6.45, 7) is 0.231. The van der Waals surface area contributed by atoms with E-state index in [-0.39, 0.29) is 18.1 Å². The number of carbonyl (C=O) groups excluding carboxylic acids is 1. The van der Waals surface area contributed by atoms with Crippen LogP contribution >= 0.6 is 15.9 Å². The number of phenolic OH excluding ortho intramolecular Hbond substituents is 1. The quantitative estimate of drug-likeness (QED) is 0.793. The molecule has 0 aromatic heterocycles. The molecule has 0 saturated carbocycles. The number of nitrogens with one attached hydrogen (secondary N) is 1. The van der Waals surface area contributed by atoms with Gasteiger partial charge in [0.05, 0.1) is 12.1 Å². The van der Waals surface area contributed by atoms with Gasteiger partial charge in [-0.3, -0.25) is 4.79 Å². The van der Waals surface area contributed by atoms with Crippen LogP contribution in [0.2, 0.25) is 0 Å². The normalized spacial score (nSPS) is 10.0. The number of carbonyl (C=O) groups is 1. The Morgan fingerprint density at radius 2 is 2.31 bits per heavy atom. The maximum Gasteiger partial charge on any atom is 0.180 e. The van der Waals surface area contributed by atoms with Crippen LogP contribution in [0.4, 0.5) is 0 Å². The van der Waals surface area contributed by atoms with Crippen LogP contribution in [0.3, 0.4) is 0 Å². The second-order valence-corrected chi connectivity index (χ2v) is 3.53. The summed E-state index contributed by atoms with van der Waals surface area (Å²) < 4.78 is 0.756. The van der Waals surface area contributed by atoms with E-state index in [1.54, 1.807) is 19.2 Å². The molecule has 0 radical (unpaired) electrons. The lowest BCUT2D eigenvalue weighted by molar-refractivity contribution is 0.0991. The molecule has 2 N–H and O–H groups in total. The van der Waals surface area contributed by atoms with E-state index in [4.69, 9.17) is 0 Å². The molecule has 0 spiro atoms. The van der Waals surface area contributed by atoms with Crippen LogP contribution in [-0.2, 0) is 0 Å². The number of benzene rings is 1. The predicted molar refractivity (Wildman–Crippen MR) is 54.1 cm³/mol. The third kappa shape index (κ3) is 2.54. The molecule has 70 valence electrons. The Hall–Kier alpha value is -0.870. The second kappa shape index (κ2) is 4.39. The molecule has 0 atom stereocenters. The van der Waals surface area contributed by atoms with Crippen LogP contribution in [0.25, 0.3) is 0 Å². The van der Waals surface area contributed by atoms with Gasteiger partial charge < -0.3 is 10.4 Å². The Kier molecular flexibility index (Phi) is 3.45. The van der Waals surface area contributed by atoms with Crippen molar-refractivity contribution in [2.45, 2.75) is 0 Å². The summed E-state index contributed by atoms with van der Waals surface area (Å²) in [5.41, 5.74) is 0.345. The number of Topliss-reactive ketones (excluding diaryl/α,β-unsaturated/α-hetero) is 1. The summed E-state index contributed by atoms with van der Waals surface area (Å²) in [5.74, 6) is -0.109. The number of halogens is 1. The molecule has 3 nitrogen and oxygen atoms in total. The minimum absolute atomic E-state index is 0.00891. The molecule has 0 amide bonds. The van der Waals surface area contributed by atoms with Crippen LogP contribution in [0.5, 0.6) is 5.75 Å². The lowest BCUT2D eigenvalue weighted by Crippen LogP contribution is -2.18. The standard InChI is InChI=1S/C9H10BrNO2/c1-11-5-9(13)7-3-2-6(10)4-8(7)12/h2-4,11-12H,5H2,1H3. The summed E-state index contributed by atoms with van der Waals surface area (Å²) in [4.78, 5) is 11.3. The highest BCUT2D eigenvalue weighted by atomic mass is 79.9. The van der Waals surface area contributed by atoms with Crippen molar-refractivity contribution in [1.82, 2.24) is 5.32 Å². The minimum atomic E-state index is -0.118. The van der Waals surface area contributed by atoms with Gasteiger partial charge in [0.2, 0.25) is 0 Å². The Morgan fingerprint density at radius 1 is 1.62 bits per heavy atom. The highest BCUT2D eigenvalue weighted by Crippen LogP contribution is 2.22. The van der Waals surface area contributed by atoms with Gasteiger partial charge in [0.25, 0.3) is 0 Å². The smallest absolute Gasteiger partial charge is 0.180 e. The zero-order chi connectivity index (χ0) is 9.84. The molecule has 4 heteroatoms. The molecule has 0 aliphatic heterocycles. The first-order valence-electron chi connectivity index (χ1n) is 3.81. The summed E-state index contributed by atoms with van der Waals surface area (Å²) >= 11 is 3.20. The number of hydrogen-bond acceptors (Lipinski definition) is 3. The fourth-order valence-corrected chi connectivity index (χ4v) is 1.35. The van der Waals surface area contributed by atoms with Gasteiger partial charge in [-0.2, -0.15) is 0 Å². The average molecular weight is 244 g/mol. The van der Waals surface area contributed by atoms with Gasteiger partial charge in [-0.05, 0) is 25.2 Å². The van der Waals surface area contributed by atoms with Crippen molar-refractivity contribution in [3.8, 4) is 5.75 Å². The fraction of sp³-hybridized carbons (Fsp3) is 0.222. The molecule has 0 heterocycles. The lowest BCUT2D eigenvalue weighted by Gasteiger charge is -2.03. The third-order valence-corrected chi connectivity index (χ3v) is 2.09. The largest absolute Gasteiger partial charge is 0.507 e. The van der Waals surface area contributed by atoms with Crippen LogP contribution in [-0.4, -0.2) is 24.5 Å². The van der Waals surface area contributed by atoms with E-state index in [1.807, 2.05) is 0 Å². The van der Waals surface area contributed by atoms with E-state index in [1.165, 1.54) is 6.07 Å². The van der Waals surface area contributed by atoms with Gasteiger partial charge in [0, 0.05) is 4.47 Å². The molecule has 1 aromatic rings. The highest BCUT2D eigenvalue weighted by molar-refractivity contribution is 9.10. The van der Waals surface area contributed by atoms with E-state index >= 15 is 0 Å². The van der Waals surface area contributed by atoms with E-state index < -0.39 is 0 Å². The van der Waals surface area contributed by atoms with E-state index in [0.717, 1.165) is 4.47 Å². The second-order valence-electron chi connectivity index (χ2n) is 2.61. The number of ketones is 1. The molecule has 0 bridgehead atoms. The van der Waals surface area contributed by atoms with Crippen molar-refractivity contribution in [1.29, 1.82) is 0 Å². The average Bonchev–Trinajstić information content (AvgIpc) is 2.04. The summed E-state index contributed by atoms with van der Waals surface area (Å²) in [6.07, 6.45) is 0. The van der Waals surface area contributed by atoms with Crippen LogP contribution < -0.4 is 5.32 Å². The molecule has 0 aliphatic carbocycles. The van der Waals surface area contributed by atoms with Crippen LogP contribution in [0.1, 0.15) is 10.4 Å². The third-order valence-electron chi connectivity index (χ3n) is 1.60. The monoisotopic (exact) mass is 243 g/mol. The first kappa shape index (κ1) is 10.2. The van der Waals surface area contributed by atoms with Crippen LogP contribution in [0.15, 0.2) is 22.7 Å². The molecule has 13 heavy (non-hydrogen) atoms. The number of rotatable bonds is 3. The van der Waals surface area contributed by atoms with Gasteiger partial charge in [-0.1, -0.05) is 15.9 Å². The van der Waals surface area contributed by atoms with Crippen molar-refractivity contribution >= 4 is 21.7 Å². The number of hydrogen-bond donors (Lipinski definition) is 2. The Labute approximate surface area is 84.9 Å². The van der Waals surface area contributed by atoms with Gasteiger partial charge in [0.1, 0.15) is 5.75 Å². The first-order chi connectivity index (χ1) is 6.15. The van der Waals surface area contributed by atoms with Crippen molar-refractivity contribution in [2.24, 2.45) is 0 Å². The Balaban J connectivity index is 2.95. The summed E-state index contributed by atoms with van der Waals surface area (Å²) in [6, 6.07) is 4.82. The van der Waals surface area contributed by atoms with E-state index in [2.05, 4.69) is 21.2 Å². The Morgan fingerprint density at radius 3 is 2.85 bits per heavy atom. The molecule has 0 fully saturated rings. The molecule has 1 aromatic carbocycles. The molecule has 0 aliphatic rings. The zero-order valence-corrected chi connectivity index (χ0v) is 8.76. The summed E-state index contributed by atoms with van der Waals surface area (Å²) in [5, 5.41) is 12.1. The first-order valence-corrected chi connectivity index (χ1v) is 4.60. The van der Waals surface area contributed by atoms with Gasteiger partial charge in [-0.25, -0.2) is 0 Å². The highest BCUT2D eigenvalue weighted by Gasteiger charge is 2.09. The molecular formula is C9H10BrNO2. The summed E-state index contributed by atoms with van der Waals surface area (Å²) in [7, 11) is 1.69. The number of phenols is 1. The molecule has 0 unspecified atom stereocenters. The Bertz CT molecular complexity index is 325. The van der Waals surface area contributed by atoms with Crippen molar-refractivity contribution in [3.05, 3.63) is 28.2 Å². The fourth-order valence-electron chi connectivity index (χ4n) is 0.996. The number of likely N-dealkylation sites (N-methyl/N-ethyl adjacent to an activating group) is 1. The molecule has 1 rings (SSSR count). The molecular weight excluding hydrogens is 234 g/mol. The van der Waals surface area contributed by atoms with Gasteiger partial charge in [-0.15, -0.1) is 0 Å². The van der Waals surface area contributed by atoms with E-state index in [0.29, 0.717) is 5.56 Å².